The molecule has 0 aliphatic carbocycles. The fourth-order valence-electron chi connectivity index (χ4n) is 3.36. The van der Waals surface area contributed by atoms with Crippen molar-refractivity contribution in [2.45, 2.75) is 31.4 Å². The Morgan fingerprint density at radius 3 is 2.57 bits per heavy atom. The Balaban J connectivity index is 1.62. The molecule has 2 unspecified atom stereocenters. The van der Waals surface area contributed by atoms with Gasteiger partial charge in [0.05, 0.1) is 17.7 Å². The van der Waals surface area contributed by atoms with Crippen LogP contribution in [-0.4, -0.2) is 29.1 Å². The maximum absolute atomic E-state index is 10.5. The molecular weight excluding hydrogens is 284 g/mol. The van der Waals surface area contributed by atoms with Gasteiger partial charge in [-0.25, -0.2) is 0 Å². The topological polar surface area (TPSA) is 47.3 Å². The van der Waals surface area contributed by atoms with E-state index in [1.54, 1.807) is 12.1 Å². The van der Waals surface area contributed by atoms with E-state index in [2.05, 4.69) is 35.2 Å². The van der Waals surface area contributed by atoms with Crippen LogP contribution in [0.25, 0.3) is 0 Å². The third kappa shape index (κ3) is 3.98. The van der Waals surface area contributed by atoms with Crippen LogP contribution in [0.15, 0.2) is 54.6 Å². The van der Waals surface area contributed by atoms with Gasteiger partial charge in [0.2, 0.25) is 0 Å². The highest BCUT2D eigenvalue weighted by molar-refractivity contribution is 5.32. The number of nitriles is 1. The first-order valence-corrected chi connectivity index (χ1v) is 8.22. The molecule has 1 aliphatic heterocycles. The molecule has 2 aromatic rings. The molecule has 0 radical (unpaired) electrons. The van der Waals surface area contributed by atoms with Crippen molar-refractivity contribution in [3.63, 3.8) is 0 Å². The Bertz CT molecular complexity index is 660. The van der Waals surface area contributed by atoms with Crippen LogP contribution in [0.5, 0.6) is 0 Å². The van der Waals surface area contributed by atoms with Crippen molar-refractivity contribution in [3.05, 3.63) is 71.3 Å². The maximum Gasteiger partial charge on any atom is 0.0991 e. The molecule has 1 aliphatic rings. The van der Waals surface area contributed by atoms with E-state index in [0.29, 0.717) is 18.2 Å². The predicted octanol–water partition coefficient (Wildman–Crippen LogP) is 3.30. The van der Waals surface area contributed by atoms with E-state index in [1.807, 2.05) is 18.2 Å². The lowest BCUT2D eigenvalue weighted by Crippen LogP contribution is -2.34. The molecule has 1 heterocycles. The van der Waals surface area contributed by atoms with Crippen molar-refractivity contribution < 1.29 is 5.11 Å². The van der Waals surface area contributed by atoms with Crippen LogP contribution < -0.4 is 0 Å². The molecular formula is C20H22N2O. The SMILES string of the molecule is N#Cc1ccc(C(O)CN2CCCC2Cc2ccccc2)cc1. The number of β-amino-alcohol motifs (C(OH)–C–C–N with tert-alkyl or cyclic N) is 1. The van der Waals surface area contributed by atoms with Gasteiger partial charge in [0.25, 0.3) is 0 Å². The Morgan fingerprint density at radius 2 is 1.87 bits per heavy atom. The van der Waals surface area contributed by atoms with E-state index in [0.717, 1.165) is 18.5 Å². The maximum atomic E-state index is 10.5. The second kappa shape index (κ2) is 7.41. The summed E-state index contributed by atoms with van der Waals surface area (Å²) < 4.78 is 0. The normalized spacial score (nSPS) is 19.4. The summed E-state index contributed by atoms with van der Waals surface area (Å²) in [6.07, 6.45) is 2.92. The molecule has 3 rings (SSSR count). The molecule has 0 amide bonds. The van der Waals surface area contributed by atoms with E-state index in [9.17, 15) is 5.11 Å². The summed E-state index contributed by atoms with van der Waals surface area (Å²) in [5.41, 5.74) is 2.87. The lowest BCUT2D eigenvalue weighted by atomic mass is 10.0. The van der Waals surface area contributed by atoms with Crippen LogP contribution in [0.1, 0.15) is 35.6 Å². The molecule has 2 atom stereocenters. The predicted molar refractivity (Wildman–Crippen MR) is 90.9 cm³/mol. The van der Waals surface area contributed by atoms with Gasteiger partial charge in [-0.1, -0.05) is 42.5 Å². The van der Waals surface area contributed by atoms with Gasteiger partial charge in [0, 0.05) is 12.6 Å². The minimum atomic E-state index is -0.501. The fraction of sp³-hybridized carbons (Fsp3) is 0.350. The molecule has 0 aromatic heterocycles. The minimum Gasteiger partial charge on any atom is -0.387 e. The number of benzene rings is 2. The molecule has 1 N–H and O–H groups in total. The number of aliphatic hydroxyl groups is 1. The van der Waals surface area contributed by atoms with Gasteiger partial charge < -0.3 is 5.11 Å². The molecule has 0 spiro atoms. The van der Waals surface area contributed by atoms with Gasteiger partial charge in [0.15, 0.2) is 0 Å². The van der Waals surface area contributed by atoms with Crippen LogP contribution >= 0.6 is 0 Å². The average molecular weight is 306 g/mol. The van der Waals surface area contributed by atoms with E-state index in [-0.39, 0.29) is 0 Å². The highest BCUT2D eigenvalue weighted by Gasteiger charge is 2.26. The summed E-state index contributed by atoms with van der Waals surface area (Å²) in [5.74, 6) is 0. The molecule has 1 saturated heterocycles. The zero-order chi connectivity index (χ0) is 16.1. The first-order chi connectivity index (χ1) is 11.3. The monoisotopic (exact) mass is 306 g/mol. The summed E-state index contributed by atoms with van der Waals surface area (Å²) in [7, 11) is 0. The van der Waals surface area contributed by atoms with E-state index < -0.39 is 6.10 Å². The molecule has 118 valence electrons. The molecule has 3 heteroatoms. The van der Waals surface area contributed by atoms with Gasteiger partial charge in [-0.2, -0.15) is 5.26 Å². The van der Waals surface area contributed by atoms with Gasteiger partial charge in [-0.3, -0.25) is 4.90 Å². The summed E-state index contributed by atoms with van der Waals surface area (Å²) in [5, 5.41) is 19.4. The lowest BCUT2D eigenvalue weighted by molar-refractivity contribution is 0.106. The summed E-state index contributed by atoms with van der Waals surface area (Å²) in [4.78, 5) is 2.40. The third-order valence-electron chi connectivity index (χ3n) is 4.65. The number of likely N-dealkylation sites (tertiary alicyclic amines) is 1. The summed E-state index contributed by atoms with van der Waals surface area (Å²) in [6, 6.07) is 20.4. The average Bonchev–Trinajstić information content (AvgIpc) is 3.02. The van der Waals surface area contributed by atoms with Crippen LogP contribution in [-0.2, 0) is 6.42 Å². The van der Waals surface area contributed by atoms with Crippen molar-refractivity contribution in [2.75, 3.05) is 13.1 Å². The summed E-state index contributed by atoms with van der Waals surface area (Å²) in [6.45, 7) is 1.70. The smallest absolute Gasteiger partial charge is 0.0991 e. The van der Waals surface area contributed by atoms with Crippen LogP contribution in [0, 0.1) is 11.3 Å². The van der Waals surface area contributed by atoms with Crippen molar-refractivity contribution in [1.82, 2.24) is 4.90 Å². The second-order valence-electron chi connectivity index (χ2n) is 6.23. The highest BCUT2D eigenvalue weighted by atomic mass is 16.3. The standard InChI is InChI=1S/C20H22N2O/c21-14-17-8-10-18(11-9-17)20(23)15-22-12-4-7-19(22)13-16-5-2-1-3-6-16/h1-3,5-6,8-11,19-20,23H,4,7,12-13,15H2. The van der Waals surface area contributed by atoms with Crippen molar-refractivity contribution >= 4 is 0 Å². The molecule has 0 saturated carbocycles. The first-order valence-electron chi connectivity index (χ1n) is 8.22. The number of hydrogen-bond donors (Lipinski definition) is 1. The molecule has 3 nitrogen and oxygen atoms in total. The number of hydrogen-bond acceptors (Lipinski definition) is 3. The van der Waals surface area contributed by atoms with E-state index in [1.165, 1.54) is 18.4 Å². The number of aliphatic hydroxyl groups excluding tert-OH is 1. The number of nitrogens with zero attached hydrogens (tertiary/aromatic N) is 2. The van der Waals surface area contributed by atoms with E-state index >= 15 is 0 Å². The quantitative estimate of drug-likeness (QED) is 0.922. The van der Waals surface area contributed by atoms with Gasteiger partial charge in [-0.15, -0.1) is 0 Å². The fourth-order valence-corrected chi connectivity index (χ4v) is 3.36. The Morgan fingerprint density at radius 1 is 1.13 bits per heavy atom. The highest BCUT2D eigenvalue weighted by Crippen LogP contribution is 2.24. The van der Waals surface area contributed by atoms with E-state index in [4.69, 9.17) is 5.26 Å². The summed E-state index contributed by atoms with van der Waals surface area (Å²) >= 11 is 0. The molecule has 2 aromatic carbocycles. The lowest BCUT2D eigenvalue weighted by Gasteiger charge is -2.27. The van der Waals surface area contributed by atoms with Crippen molar-refractivity contribution in [1.29, 1.82) is 5.26 Å². The van der Waals surface area contributed by atoms with Gasteiger partial charge >= 0.3 is 0 Å². The van der Waals surface area contributed by atoms with Crippen molar-refractivity contribution in [2.24, 2.45) is 0 Å². The van der Waals surface area contributed by atoms with Crippen molar-refractivity contribution in [3.8, 4) is 6.07 Å². The Labute approximate surface area is 137 Å². The minimum absolute atomic E-state index is 0.501. The molecule has 23 heavy (non-hydrogen) atoms. The zero-order valence-electron chi connectivity index (χ0n) is 13.2. The number of rotatable bonds is 5. The van der Waals surface area contributed by atoms with Crippen LogP contribution in [0.3, 0.4) is 0 Å². The zero-order valence-corrected chi connectivity index (χ0v) is 13.2. The molecule has 0 bridgehead atoms. The van der Waals surface area contributed by atoms with Gasteiger partial charge in [0.1, 0.15) is 0 Å². The first kappa shape index (κ1) is 15.7. The largest absolute Gasteiger partial charge is 0.387 e. The molecule has 1 fully saturated rings. The van der Waals surface area contributed by atoms with Crippen LogP contribution in [0.2, 0.25) is 0 Å². The second-order valence-corrected chi connectivity index (χ2v) is 6.23. The Kier molecular flexibility index (Phi) is 5.07. The Hall–Kier alpha value is -2.15. The van der Waals surface area contributed by atoms with Gasteiger partial charge in [-0.05, 0) is 49.1 Å². The third-order valence-corrected chi connectivity index (χ3v) is 4.65. The van der Waals surface area contributed by atoms with Crippen LogP contribution in [0.4, 0.5) is 0 Å².